The predicted molar refractivity (Wildman–Crippen MR) is 53.2 cm³/mol. The number of alkyl halides is 1. The second-order valence-electron chi connectivity index (χ2n) is 3.70. The number of nitrogens with zero attached hydrogens (tertiary/aromatic N) is 1. The highest BCUT2D eigenvalue weighted by atomic mass is 19.1. The van der Waals surface area contributed by atoms with E-state index in [0.29, 0.717) is 0 Å². The van der Waals surface area contributed by atoms with Crippen molar-refractivity contribution < 1.29 is 19.3 Å². The fourth-order valence-corrected chi connectivity index (χ4v) is 1.71. The van der Waals surface area contributed by atoms with Crippen molar-refractivity contribution >= 4 is 0 Å². The molecule has 0 aliphatic carbocycles. The van der Waals surface area contributed by atoms with Crippen LogP contribution in [0.5, 0.6) is 0 Å². The van der Waals surface area contributed by atoms with Gasteiger partial charge in [0.2, 0.25) is 0 Å². The van der Waals surface area contributed by atoms with Crippen LogP contribution >= 0.6 is 0 Å². The molecule has 94 valence electrons. The minimum absolute atomic E-state index is 0.559. The third-order valence-corrected chi connectivity index (χ3v) is 2.60. The third kappa shape index (κ3) is 2.02. The Morgan fingerprint density at radius 1 is 1.53 bits per heavy atom. The highest BCUT2D eigenvalue weighted by Crippen LogP contribution is 2.30. The SMILES string of the molecule is O=c1ccn([C@@H]2O[C@H](CO)[C@H](O)[C@@H]2F)c(=O)[nH]1. The molecule has 1 aromatic heterocycles. The molecule has 1 fully saturated rings. The zero-order valence-corrected chi connectivity index (χ0v) is 8.62. The van der Waals surface area contributed by atoms with Crippen LogP contribution in [-0.2, 0) is 4.74 Å². The van der Waals surface area contributed by atoms with E-state index in [4.69, 9.17) is 9.84 Å². The average Bonchev–Trinajstić information content (AvgIpc) is 2.57. The first-order valence-electron chi connectivity index (χ1n) is 4.94. The molecule has 0 bridgehead atoms. The van der Waals surface area contributed by atoms with E-state index in [2.05, 4.69) is 0 Å². The summed E-state index contributed by atoms with van der Waals surface area (Å²) in [6, 6.07) is 1.04. The van der Waals surface area contributed by atoms with Gasteiger partial charge in [0.1, 0.15) is 12.2 Å². The largest absolute Gasteiger partial charge is 0.394 e. The van der Waals surface area contributed by atoms with Gasteiger partial charge < -0.3 is 14.9 Å². The van der Waals surface area contributed by atoms with Crippen molar-refractivity contribution in [1.82, 2.24) is 9.55 Å². The van der Waals surface area contributed by atoms with Gasteiger partial charge in [0.05, 0.1) is 6.61 Å². The maximum Gasteiger partial charge on any atom is 0.330 e. The van der Waals surface area contributed by atoms with Gasteiger partial charge >= 0.3 is 5.69 Å². The third-order valence-electron chi connectivity index (χ3n) is 2.60. The molecule has 0 aromatic carbocycles. The van der Waals surface area contributed by atoms with E-state index in [9.17, 15) is 19.1 Å². The minimum atomic E-state index is -1.85. The molecule has 2 rings (SSSR count). The Bertz CT molecular complexity index is 513. The quantitative estimate of drug-likeness (QED) is 0.567. The number of aromatic nitrogens is 2. The number of hydrogen-bond donors (Lipinski definition) is 3. The molecule has 3 N–H and O–H groups in total. The molecular weight excluding hydrogens is 235 g/mol. The van der Waals surface area contributed by atoms with Crippen LogP contribution in [0.25, 0.3) is 0 Å². The summed E-state index contributed by atoms with van der Waals surface area (Å²) in [7, 11) is 0. The first kappa shape index (κ1) is 12.0. The molecule has 1 aromatic rings. The molecule has 4 atom stereocenters. The predicted octanol–water partition coefficient (Wildman–Crippen LogP) is -1.87. The number of aliphatic hydroxyl groups excluding tert-OH is 2. The molecule has 17 heavy (non-hydrogen) atoms. The van der Waals surface area contributed by atoms with Crippen molar-refractivity contribution in [3.63, 3.8) is 0 Å². The first-order valence-corrected chi connectivity index (χ1v) is 4.94. The lowest BCUT2D eigenvalue weighted by Crippen LogP contribution is -2.35. The monoisotopic (exact) mass is 246 g/mol. The van der Waals surface area contributed by atoms with Crippen LogP contribution in [-0.4, -0.2) is 44.8 Å². The van der Waals surface area contributed by atoms with E-state index in [0.717, 1.165) is 16.8 Å². The Morgan fingerprint density at radius 3 is 2.76 bits per heavy atom. The van der Waals surface area contributed by atoms with Crippen molar-refractivity contribution in [2.75, 3.05) is 6.61 Å². The van der Waals surface area contributed by atoms with E-state index < -0.39 is 42.5 Å². The molecule has 2 heterocycles. The topological polar surface area (TPSA) is 105 Å². The van der Waals surface area contributed by atoms with Gasteiger partial charge in [-0.2, -0.15) is 0 Å². The zero-order chi connectivity index (χ0) is 12.6. The summed E-state index contributed by atoms with van der Waals surface area (Å²) in [5, 5.41) is 18.2. The van der Waals surface area contributed by atoms with Gasteiger partial charge in [-0.05, 0) is 0 Å². The van der Waals surface area contributed by atoms with Crippen molar-refractivity contribution in [3.8, 4) is 0 Å². The Hall–Kier alpha value is -1.51. The second kappa shape index (κ2) is 4.40. The van der Waals surface area contributed by atoms with Gasteiger partial charge in [0.25, 0.3) is 5.56 Å². The van der Waals surface area contributed by atoms with Gasteiger partial charge in [-0.25, -0.2) is 9.18 Å². The maximum atomic E-state index is 13.6. The molecule has 7 nitrogen and oxygen atoms in total. The number of H-pyrrole nitrogens is 1. The molecular formula is C9H11FN2O5. The zero-order valence-electron chi connectivity index (χ0n) is 8.62. The number of rotatable bonds is 2. The Kier molecular flexibility index (Phi) is 3.09. The van der Waals surface area contributed by atoms with Crippen LogP contribution in [0.2, 0.25) is 0 Å². The highest BCUT2D eigenvalue weighted by molar-refractivity contribution is 4.93. The fourth-order valence-electron chi connectivity index (χ4n) is 1.71. The minimum Gasteiger partial charge on any atom is -0.394 e. The highest BCUT2D eigenvalue weighted by Gasteiger charge is 2.45. The van der Waals surface area contributed by atoms with E-state index >= 15 is 0 Å². The summed E-state index contributed by atoms with van der Waals surface area (Å²) in [6.07, 6.45) is -4.73. The molecule has 0 amide bonds. The van der Waals surface area contributed by atoms with Crippen molar-refractivity contribution in [2.45, 2.75) is 24.6 Å². The number of ether oxygens (including phenoxy) is 1. The van der Waals surface area contributed by atoms with Crippen LogP contribution in [0, 0.1) is 0 Å². The molecule has 1 saturated heterocycles. The van der Waals surface area contributed by atoms with Crippen LogP contribution in [0.1, 0.15) is 6.23 Å². The lowest BCUT2D eigenvalue weighted by molar-refractivity contribution is -0.0491. The number of halogens is 1. The molecule has 0 radical (unpaired) electrons. The van der Waals surface area contributed by atoms with Crippen molar-refractivity contribution in [2.24, 2.45) is 0 Å². The van der Waals surface area contributed by atoms with Gasteiger partial charge in [-0.15, -0.1) is 0 Å². The van der Waals surface area contributed by atoms with Crippen LogP contribution in [0.3, 0.4) is 0 Å². The van der Waals surface area contributed by atoms with Crippen molar-refractivity contribution in [1.29, 1.82) is 0 Å². The molecule has 1 aliphatic rings. The fraction of sp³-hybridized carbons (Fsp3) is 0.556. The summed E-state index contributed by atoms with van der Waals surface area (Å²) in [5.74, 6) is 0. The van der Waals surface area contributed by atoms with E-state index in [1.54, 1.807) is 0 Å². The van der Waals surface area contributed by atoms with E-state index in [1.807, 2.05) is 4.98 Å². The summed E-state index contributed by atoms with van der Waals surface area (Å²) in [4.78, 5) is 24.2. The molecule has 8 heteroatoms. The lowest BCUT2D eigenvalue weighted by atomic mass is 10.1. The summed E-state index contributed by atoms with van der Waals surface area (Å²) in [6.45, 7) is -0.559. The Balaban J connectivity index is 2.35. The Labute approximate surface area is 94.1 Å². The first-order chi connectivity index (χ1) is 8.04. The van der Waals surface area contributed by atoms with Crippen molar-refractivity contribution in [3.05, 3.63) is 33.1 Å². The maximum absolute atomic E-state index is 13.6. The number of hydrogen-bond acceptors (Lipinski definition) is 5. The van der Waals surface area contributed by atoms with Gasteiger partial charge in [0, 0.05) is 12.3 Å². The van der Waals surface area contributed by atoms with Crippen LogP contribution in [0.15, 0.2) is 21.9 Å². The van der Waals surface area contributed by atoms with E-state index in [1.165, 1.54) is 0 Å². The molecule has 0 unspecified atom stereocenters. The molecule has 0 saturated carbocycles. The summed E-state index contributed by atoms with van der Waals surface area (Å²) in [5.41, 5.74) is -1.45. The Morgan fingerprint density at radius 2 is 2.24 bits per heavy atom. The summed E-state index contributed by atoms with van der Waals surface area (Å²) >= 11 is 0. The number of aliphatic hydroxyl groups is 2. The smallest absolute Gasteiger partial charge is 0.330 e. The number of aromatic amines is 1. The van der Waals surface area contributed by atoms with Crippen LogP contribution in [0.4, 0.5) is 4.39 Å². The van der Waals surface area contributed by atoms with Gasteiger partial charge in [-0.3, -0.25) is 14.3 Å². The van der Waals surface area contributed by atoms with Gasteiger partial charge in [0.15, 0.2) is 12.4 Å². The molecule has 0 spiro atoms. The molecule has 1 aliphatic heterocycles. The standard InChI is InChI=1S/C9H11FN2O5/c10-6-7(15)4(3-13)17-8(6)12-2-1-5(14)11-9(12)16/h1-2,4,6-8,13,15H,3H2,(H,11,14,16)/t4-,6+,7+,8-/m1/s1. The van der Waals surface area contributed by atoms with E-state index in [-0.39, 0.29) is 0 Å². The normalized spacial score (nSPS) is 32.9. The second-order valence-corrected chi connectivity index (χ2v) is 3.70. The average molecular weight is 246 g/mol. The van der Waals surface area contributed by atoms with Crippen LogP contribution < -0.4 is 11.2 Å². The lowest BCUT2D eigenvalue weighted by Gasteiger charge is -2.15. The summed E-state index contributed by atoms with van der Waals surface area (Å²) < 4.78 is 19.5. The van der Waals surface area contributed by atoms with Gasteiger partial charge in [-0.1, -0.05) is 0 Å². The number of nitrogens with one attached hydrogen (secondary N) is 1.